The van der Waals surface area contributed by atoms with E-state index in [1.54, 1.807) is 25.3 Å². The van der Waals surface area contributed by atoms with E-state index in [0.29, 0.717) is 0 Å². The number of hydrogen-bond acceptors (Lipinski definition) is 4. The molecule has 0 unspecified atom stereocenters. The Morgan fingerprint density at radius 1 is 1.27 bits per heavy atom. The average Bonchev–Trinajstić information content (AvgIpc) is 2.92. The topological polar surface area (TPSA) is 64.2 Å². The van der Waals surface area contributed by atoms with E-state index in [4.69, 9.17) is 9.47 Å². The molecule has 0 fully saturated rings. The van der Waals surface area contributed by atoms with Crippen molar-refractivity contribution in [3.63, 3.8) is 0 Å². The number of carbonyl (C=O) groups is 1. The molecule has 0 N–H and O–H groups in total. The summed E-state index contributed by atoms with van der Waals surface area (Å²) in [7, 11) is 1.59. The molecule has 0 aliphatic heterocycles. The van der Waals surface area contributed by atoms with Crippen LogP contribution in [0.2, 0.25) is 0 Å². The van der Waals surface area contributed by atoms with Crippen LogP contribution in [-0.4, -0.2) is 17.6 Å². The molecule has 5 nitrogen and oxygen atoms in total. The number of carbonyl (C=O) groups excluding carboxylic acids is 1. The van der Waals surface area contributed by atoms with Crippen LogP contribution in [0.1, 0.15) is 35.9 Å². The zero-order valence-electron chi connectivity index (χ0n) is 15.7. The fourth-order valence-electron chi connectivity index (χ4n) is 2.78. The van der Waals surface area contributed by atoms with Crippen molar-refractivity contribution in [3.05, 3.63) is 58.4 Å². The second-order valence-electron chi connectivity index (χ2n) is 6.07. The fourth-order valence-corrected chi connectivity index (χ4v) is 2.78. The fraction of sp³-hybridized carbons (Fsp3) is 0.333. The molecule has 0 radical (unpaired) electrons. The molecule has 2 aromatic rings. The highest BCUT2D eigenvalue weighted by Crippen LogP contribution is 2.19. The first-order valence-corrected chi connectivity index (χ1v) is 8.58. The van der Waals surface area contributed by atoms with Gasteiger partial charge in [-0.15, -0.1) is 0 Å². The Kier molecular flexibility index (Phi) is 6.62. The first-order valence-electron chi connectivity index (χ1n) is 8.58. The summed E-state index contributed by atoms with van der Waals surface area (Å²) >= 11 is 0. The molecular weight excluding hydrogens is 328 g/mol. The minimum atomic E-state index is -0.622. The van der Waals surface area contributed by atoms with E-state index in [9.17, 15) is 10.1 Å². The van der Waals surface area contributed by atoms with Crippen LogP contribution < -0.4 is 4.74 Å². The molecule has 136 valence electrons. The Morgan fingerprint density at radius 2 is 1.96 bits per heavy atom. The molecule has 0 aliphatic rings. The van der Waals surface area contributed by atoms with Crippen LogP contribution in [0.4, 0.5) is 0 Å². The molecule has 1 aromatic carbocycles. The molecular formula is C21H24N2O3. The molecule has 0 bridgehead atoms. The van der Waals surface area contributed by atoms with Gasteiger partial charge in [-0.1, -0.05) is 19.1 Å². The molecule has 0 atom stereocenters. The van der Waals surface area contributed by atoms with Gasteiger partial charge in [0.25, 0.3) is 0 Å². The van der Waals surface area contributed by atoms with E-state index in [1.165, 1.54) is 0 Å². The van der Waals surface area contributed by atoms with Gasteiger partial charge in [0.1, 0.15) is 24.0 Å². The third kappa shape index (κ3) is 4.54. The van der Waals surface area contributed by atoms with Crippen molar-refractivity contribution < 1.29 is 14.3 Å². The van der Waals surface area contributed by atoms with Crippen molar-refractivity contribution in [2.24, 2.45) is 0 Å². The molecule has 2 rings (SSSR count). The third-order valence-corrected chi connectivity index (χ3v) is 4.23. The maximum atomic E-state index is 12.3. The van der Waals surface area contributed by atoms with Gasteiger partial charge in [-0.2, -0.15) is 5.26 Å². The van der Waals surface area contributed by atoms with Gasteiger partial charge in [-0.05, 0) is 55.7 Å². The van der Waals surface area contributed by atoms with Crippen LogP contribution in [0, 0.1) is 25.2 Å². The maximum absolute atomic E-state index is 12.3. The Balaban J connectivity index is 2.11. The lowest BCUT2D eigenvalue weighted by molar-refractivity contribution is -0.139. The molecule has 0 saturated carbocycles. The molecule has 1 aromatic heterocycles. The lowest BCUT2D eigenvalue weighted by Crippen LogP contribution is -2.07. The van der Waals surface area contributed by atoms with E-state index >= 15 is 0 Å². The van der Waals surface area contributed by atoms with E-state index in [2.05, 4.69) is 11.5 Å². The number of rotatable bonds is 7. The lowest BCUT2D eigenvalue weighted by Gasteiger charge is -2.07. The summed E-state index contributed by atoms with van der Waals surface area (Å²) in [5.74, 6) is 0.115. The van der Waals surface area contributed by atoms with Gasteiger partial charge in [0, 0.05) is 17.9 Å². The highest BCUT2D eigenvalue weighted by molar-refractivity contribution is 5.98. The SMILES string of the molecule is CCCn1c(C)cc(/C=C(\C#N)C(=O)OCc2ccc(OC)cc2)c1C. The Hall–Kier alpha value is -3.00. The smallest absolute Gasteiger partial charge is 0.349 e. The van der Waals surface area contributed by atoms with E-state index in [0.717, 1.165) is 41.2 Å². The maximum Gasteiger partial charge on any atom is 0.349 e. The van der Waals surface area contributed by atoms with Gasteiger partial charge in [0.2, 0.25) is 0 Å². The summed E-state index contributed by atoms with van der Waals surface area (Å²) in [4.78, 5) is 12.3. The minimum Gasteiger partial charge on any atom is -0.497 e. The van der Waals surface area contributed by atoms with Gasteiger partial charge in [-0.25, -0.2) is 4.79 Å². The van der Waals surface area contributed by atoms with Gasteiger partial charge in [0.15, 0.2) is 0 Å². The van der Waals surface area contributed by atoms with Crippen molar-refractivity contribution in [2.45, 2.75) is 40.3 Å². The zero-order valence-corrected chi connectivity index (χ0v) is 15.7. The normalized spacial score (nSPS) is 11.1. The van der Waals surface area contributed by atoms with Crippen LogP contribution in [0.5, 0.6) is 5.75 Å². The van der Waals surface area contributed by atoms with Crippen molar-refractivity contribution >= 4 is 12.0 Å². The highest BCUT2D eigenvalue weighted by Gasteiger charge is 2.14. The average molecular weight is 352 g/mol. The molecule has 5 heteroatoms. The largest absolute Gasteiger partial charge is 0.497 e. The molecule has 0 spiro atoms. The van der Waals surface area contributed by atoms with Gasteiger partial charge in [0.05, 0.1) is 7.11 Å². The first-order chi connectivity index (χ1) is 12.5. The molecule has 0 amide bonds. The Morgan fingerprint density at radius 3 is 2.54 bits per heavy atom. The van der Waals surface area contributed by atoms with Crippen LogP contribution in [-0.2, 0) is 22.7 Å². The summed E-state index contributed by atoms with van der Waals surface area (Å²) < 4.78 is 12.6. The monoisotopic (exact) mass is 352 g/mol. The number of aryl methyl sites for hydroxylation is 1. The van der Waals surface area contributed by atoms with Crippen molar-refractivity contribution in [1.82, 2.24) is 4.57 Å². The van der Waals surface area contributed by atoms with Gasteiger partial charge < -0.3 is 14.0 Å². The molecule has 0 saturated heterocycles. The predicted octanol–water partition coefficient (Wildman–Crippen LogP) is 4.17. The van der Waals surface area contributed by atoms with E-state index in [1.807, 2.05) is 38.1 Å². The number of aromatic nitrogens is 1. The number of ether oxygens (including phenoxy) is 2. The van der Waals surface area contributed by atoms with Crippen LogP contribution in [0.3, 0.4) is 0 Å². The number of esters is 1. The number of nitriles is 1. The second-order valence-corrected chi connectivity index (χ2v) is 6.07. The lowest BCUT2D eigenvalue weighted by atomic mass is 10.1. The number of nitrogens with zero attached hydrogens (tertiary/aromatic N) is 2. The van der Waals surface area contributed by atoms with Crippen molar-refractivity contribution in [3.8, 4) is 11.8 Å². The summed E-state index contributed by atoms with van der Waals surface area (Å²) in [5.41, 5.74) is 3.85. The van der Waals surface area contributed by atoms with Crippen molar-refractivity contribution in [2.75, 3.05) is 7.11 Å². The second kappa shape index (κ2) is 8.91. The number of methoxy groups -OCH3 is 1. The van der Waals surface area contributed by atoms with Crippen LogP contribution >= 0.6 is 0 Å². The minimum absolute atomic E-state index is 0.00439. The van der Waals surface area contributed by atoms with E-state index < -0.39 is 5.97 Å². The molecule has 26 heavy (non-hydrogen) atoms. The predicted molar refractivity (Wildman–Crippen MR) is 101 cm³/mol. The molecule has 1 heterocycles. The summed E-state index contributed by atoms with van der Waals surface area (Å²) in [6.07, 6.45) is 2.62. The van der Waals surface area contributed by atoms with E-state index in [-0.39, 0.29) is 12.2 Å². The quantitative estimate of drug-likeness (QED) is 0.426. The summed E-state index contributed by atoms with van der Waals surface area (Å²) in [5, 5.41) is 9.35. The van der Waals surface area contributed by atoms with Crippen LogP contribution in [0.15, 0.2) is 35.9 Å². The Labute approximate surface area is 154 Å². The van der Waals surface area contributed by atoms with Crippen molar-refractivity contribution in [1.29, 1.82) is 5.26 Å². The first kappa shape index (κ1) is 19.3. The number of hydrogen-bond donors (Lipinski definition) is 0. The van der Waals surface area contributed by atoms with Gasteiger partial charge >= 0.3 is 5.97 Å². The third-order valence-electron chi connectivity index (χ3n) is 4.23. The number of benzene rings is 1. The summed E-state index contributed by atoms with van der Waals surface area (Å²) in [6.45, 7) is 7.15. The Bertz CT molecular complexity index is 839. The van der Waals surface area contributed by atoms with Gasteiger partial charge in [-0.3, -0.25) is 0 Å². The highest BCUT2D eigenvalue weighted by atomic mass is 16.5. The zero-order chi connectivity index (χ0) is 19.1. The molecule has 0 aliphatic carbocycles. The standard InChI is InChI=1S/C21H24N2O3/c1-5-10-23-15(2)11-18(16(23)3)12-19(13-22)21(24)26-14-17-6-8-20(25-4)9-7-17/h6-9,11-12H,5,10,14H2,1-4H3/b19-12+. The van der Waals surface area contributed by atoms with Crippen LogP contribution in [0.25, 0.3) is 6.08 Å². The summed E-state index contributed by atoms with van der Waals surface area (Å²) in [6, 6.07) is 11.2.